The van der Waals surface area contributed by atoms with Gasteiger partial charge in [0.2, 0.25) is 0 Å². The van der Waals surface area contributed by atoms with Crippen molar-refractivity contribution in [2.24, 2.45) is 0 Å². The van der Waals surface area contributed by atoms with Gasteiger partial charge in [0.05, 0.1) is 25.3 Å². The predicted octanol–water partition coefficient (Wildman–Crippen LogP) is 4.74. The van der Waals surface area contributed by atoms with Crippen LogP contribution < -0.4 is 20.5 Å². The fraction of sp³-hybridized carbons (Fsp3) is 0.370. The number of nitrogens with two attached hydrogens (primary N) is 1. The van der Waals surface area contributed by atoms with Crippen LogP contribution in [0.15, 0.2) is 42.5 Å². The van der Waals surface area contributed by atoms with Crippen LogP contribution in [0.2, 0.25) is 0 Å². The summed E-state index contributed by atoms with van der Waals surface area (Å²) < 4.78 is 12.7. The highest BCUT2D eigenvalue weighted by Crippen LogP contribution is 2.30. The molecule has 184 valence electrons. The Labute approximate surface area is 205 Å². The van der Waals surface area contributed by atoms with E-state index in [1.54, 1.807) is 14.2 Å². The van der Waals surface area contributed by atoms with Crippen LogP contribution in [0.1, 0.15) is 48.5 Å². The van der Waals surface area contributed by atoms with Crippen LogP contribution in [-0.4, -0.2) is 41.2 Å². The first-order valence-corrected chi connectivity index (χ1v) is 12.1. The van der Waals surface area contributed by atoms with Crippen molar-refractivity contribution in [3.63, 3.8) is 0 Å². The van der Waals surface area contributed by atoms with E-state index in [4.69, 9.17) is 25.2 Å². The summed E-state index contributed by atoms with van der Waals surface area (Å²) in [6, 6.07) is 13.5. The van der Waals surface area contributed by atoms with Crippen LogP contribution in [0.25, 0.3) is 22.2 Å². The molecule has 8 heteroatoms. The molecule has 0 aliphatic carbocycles. The van der Waals surface area contributed by atoms with Crippen molar-refractivity contribution in [1.82, 2.24) is 19.9 Å². The average Bonchev–Trinajstić information content (AvgIpc) is 3.15. The highest BCUT2D eigenvalue weighted by Gasteiger charge is 2.23. The number of methoxy groups -OCH3 is 2. The Morgan fingerprint density at radius 2 is 1.74 bits per heavy atom. The lowest BCUT2D eigenvalue weighted by molar-refractivity contribution is 0.0955. The summed E-state index contributed by atoms with van der Waals surface area (Å²) in [4.78, 5) is 22.8. The fourth-order valence-electron chi connectivity index (χ4n) is 4.29. The SMILES string of the molecule is CCCCCCNC(=O)c1c(N)n(CCc2ccc(OC)c(OC)c2)c2nc3ccccc3nc12. The molecule has 0 saturated heterocycles. The van der Waals surface area contributed by atoms with Crippen molar-refractivity contribution in [2.75, 3.05) is 26.5 Å². The molecule has 2 heterocycles. The molecule has 0 fully saturated rings. The second-order valence-electron chi connectivity index (χ2n) is 8.55. The number of nitrogens with one attached hydrogen (secondary N) is 1. The molecule has 0 radical (unpaired) electrons. The van der Waals surface area contributed by atoms with Gasteiger partial charge < -0.3 is 25.1 Å². The Bertz CT molecular complexity index is 1330. The largest absolute Gasteiger partial charge is 0.493 e. The van der Waals surface area contributed by atoms with Gasteiger partial charge in [-0.05, 0) is 42.7 Å². The van der Waals surface area contributed by atoms with E-state index in [1.807, 2.05) is 47.0 Å². The smallest absolute Gasteiger partial charge is 0.257 e. The predicted molar refractivity (Wildman–Crippen MR) is 139 cm³/mol. The average molecular weight is 476 g/mol. The van der Waals surface area contributed by atoms with Gasteiger partial charge in [-0.2, -0.15) is 0 Å². The van der Waals surface area contributed by atoms with Gasteiger partial charge in [-0.3, -0.25) is 4.79 Å². The summed E-state index contributed by atoms with van der Waals surface area (Å²) in [5, 5.41) is 3.02. The van der Waals surface area contributed by atoms with Crippen molar-refractivity contribution in [3.05, 3.63) is 53.6 Å². The van der Waals surface area contributed by atoms with Gasteiger partial charge in [-0.15, -0.1) is 0 Å². The monoisotopic (exact) mass is 475 g/mol. The number of rotatable bonds is 11. The number of aromatic nitrogens is 3. The third kappa shape index (κ3) is 5.16. The van der Waals surface area contributed by atoms with E-state index in [0.717, 1.165) is 42.3 Å². The molecule has 2 aromatic carbocycles. The van der Waals surface area contributed by atoms with E-state index in [2.05, 4.69) is 12.2 Å². The molecule has 0 unspecified atom stereocenters. The molecule has 2 aromatic heterocycles. The third-order valence-corrected chi connectivity index (χ3v) is 6.21. The molecule has 1 amide bonds. The lowest BCUT2D eigenvalue weighted by Gasteiger charge is -2.11. The summed E-state index contributed by atoms with van der Waals surface area (Å²) in [6.07, 6.45) is 5.00. The van der Waals surface area contributed by atoms with Crippen molar-refractivity contribution in [2.45, 2.75) is 45.6 Å². The van der Waals surface area contributed by atoms with E-state index in [-0.39, 0.29) is 5.91 Å². The lowest BCUT2D eigenvalue weighted by Crippen LogP contribution is -2.25. The topological polar surface area (TPSA) is 104 Å². The van der Waals surface area contributed by atoms with Crippen molar-refractivity contribution in [3.8, 4) is 11.5 Å². The van der Waals surface area contributed by atoms with E-state index < -0.39 is 0 Å². The number of benzene rings is 2. The van der Waals surface area contributed by atoms with Crippen LogP contribution in [0, 0.1) is 0 Å². The maximum absolute atomic E-state index is 13.2. The van der Waals surface area contributed by atoms with Crippen LogP contribution in [0.3, 0.4) is 0 Å². The van der Waals surface area contributed by atoms with Crippen LogP contribution in [-0.2, 0) is 13.0 Å². The number of amides is 1. The molecular weight excluding hydrogens is 442 g/mol. The molecule has 0 aliphatic heterocycles. The highest BCUT2D eigenvalue weighted by molar-refractivity contribution is 6.10. The number of carbonyl (C=O) groups is 1. The molecule has 0 spiro atoms. The van der Waals surface area contributed by atoms with Gasteiger partial charge in [0.25, 0.3) is 5.91 Å². The van der Waals surface area contributed by atoms with Gasteiger partial charge >= 0.3 is 0 Å². The van der Waals surface area contributed by atoms with Crippen molar-refractivity contribution < 1.29 is 14.3 Å². The molecular formula is C27H33N5O3. The van der Waals surface area contributed by atoms with Gasteiger partial charge in [-0.25, -0.2) is 9.97 Å². The molecule has 3 N–H and O–H groups in total. The maximum Gasteiger partial charge on any atom is 0.257 e. The minimum Gasteiger partial charge on any atom is -0.493 e. The Hall–Kier alpha value is -3.81. The minimum absolute atomic E-state index is 0.210. The summed E-state index contributed by atoms with van der Waals surface area (Å²) in [7, 11) is 3.23. The first-order valence-electron chi connectivity index (χ1n) is 12.1. The minimum atomic E-state index is -0.210. The number of fused-ring (bicyclic) bond motifs is 2. The molecule has 4 rings (SSSR count). The normalized spacial score (nSPS) is 11.2. The second-order valence-corrected chi connectivity index (χ2v) is 8.55. The Balaban J connectivity index is 1.67. The quantitative estimate of drug-likeness (QED) is 0.304. The molecule has 0 saturated carbocycles. The number of unbranched alkanes of at least 4 members (excludes halogenated alkanes) is 3. The number of nitrogen functional groups attached to an aromatic ring is 1. The van der Waals surface area contributed by atoms with Crippen LogP contribution >= 0.6 is 0 Å². The molecule has 35 heavy (non-hydrogen) atoms. The molecule has 0 bridgehead atoms. The van der Waals surface area contributed by atoms with E-state index >= 15 is 0 Å². The number of ether oxygens (including phenoxy) is 2. The fourth-order valence-corrected chi connectivity index (χ4v) is 4.29. The number of anilines is 1. The van der Waals surface area contributed by atoms with Gasteiger partial charge in [0, 0.05) is 13.1 Å². The summed E-state index contributed by atoms with van der Waals surface area (Å²) >= 11 is 0. The number of nitrogens with zero attached hydrogens (tertiary/aromatic N) is 3. The summed E-state index contributed by atoms with van der Waals surface area (Å²) in [5.74, 6) is 1.52. The number of carbonyl (C=O) groups excluding carboxylic acids is 1. The van der Waals surface area contributed by atoms with Gasteiger partial charge in [-0.1, -0.05) is 44.4 Å². The van der Waals surface area contributed by atoms with Crippen molar-refractivity contribution in [1.29, 1.82) is 0 Å². The zero-order valence-corrected chi connectivity index (χ0v) is 20.6. The first kappa shape index (κ1) is 24.3. The number of aryl methyl sites for hydroxylation is 2. The molecule has 0 atom stereocenters. The third-order valence-electron chi connectivity index (χ3n) is 6.21. The molecule has 4 aromatic rings. The number of para-hydroxylation sites is 2. The zero-order valence-electron chi connectivity index (χ0n) is 20.6. The van der Waals surface area contributed by atoms with E-state index in [9.17, 15) is 4.79 Å². The summed E-state index contributed by atoms with van der Waals surface area (Å²) in [5.41, 5.74) is 10.6. The standard InChI is InChI=1S/C27H33N5O3/c1-4-5-6-9-15-29-27(33)23-24-26(31-20-11-8-7-10-19(20)30-24)32(25(23)28)16-14-18-12-13-21(34-2)22(17-18)35-3/h7-8,10-13,17H,4-6,9,14-16,28H2,1-3H3,(H,29,33). The van der Waals surface area contributed by atoms with E-state index in [1.165, 1.54) is 0 Å². The van der Waals surface area contributed by atoms with E-state index in [0.29, 0.717) is 53.6 Å². The molecule has 0 aliphatic rings. The zero-order chi connectivity index (χ0) is 24.8. The van der Waals surface area contributed by atoms with Gasteiger partial charge in [0.1, 0.15) is 16.9 Å². The molecule has 8 nitrogen and oxygen atoms in total. The summed E-state index contributed by atoms with van der Waals surface area (Å²) in [6.45, 7) is 3.31. The van der Waals surface area contributed by atoms with Crippen molar-refractivity contribution >= 4 is 33.9 Å². The maximum atomic E-state index is 13.2. The number of hydrogen-bond donors (Lipinski definition) is 2. The lowest BCUT2D eigenvalue weighted by atomic mass is 10.1. The Kier molecular flexibility index (Phi) is 7.70. The van der Waals surface area contributed by atoms with Crippen LogP contribution in [0.5, 0.6) is 11.5 Å². The Morgan fingerprint density at radius 1 is 1.00 bits per heavy atom. The van der Waals surface area contributed by atoms with Gasteiger partial charge in [0.15, 0.2) is 17.1 Å². The highest BCUT2D eigenvalue weighted by atomic mass is 16.5. The Morgan fingerprint density at radius 3 is 2.46 bits per heavy atom. The second kappa shape index (κ2) is 11.1. The number of hydrogen-bond acceptors (Lipinski definition) is 6. The van der Waals surface area contributed by atoms with Crippen LogP contribution in [0.4, 0.5) is 5.82 Å². The first-order chi connectivity index (χ1) is 17.1.